The lowest BCUT2D eigenvalue weighted by atomic mass is 9.55. The van der Waals surface area contributed by atoms with E-state index in [4.69, 9.17) is 0 Å². The van der Waals surface area contributed by atoms with Gasteiger partial charge in [-0.2, -0.15) is 0 Å². The first-order valence-electron chi connectivity index (χ1n) is 6.95. The molecule has 0 aromatic heterocycles. The highest BCUT2D eigenvalue weighted by Gasteiger charge is 2.48. The molecule has 4 atom stereocenters. The molecule has 0 spiro atoms. The molecule has 3 aliphatic rings. The minimum absolute atomic E-state index is 0.881. The average Bonchev–Trinajstić information content (AvgIpc) is 2.54. The van der Waals surface area contributed by atoms with Crippen LogP contribution in [0.5, 0.6) is 0 Å². The van der Waals surface area contributed by atoms with Gasteiger partial charge in [0, 0.05) is 0 Å². The van der Waals surface area contributed by atoms with Gasteiger partial charge in [0.05, 0.1) is 0 Å². The van der Waals surface area contributed by atoms with Crippen molar-refractivity contribution in [1.82, 2.24) is 0 Å². The predicted molar refractivity (Wildman–Crippen MR) is 64.6 cm³/mol. The van der Waals surface area contributed by atoms with Crippen LogP contribution in [0.15, 0.2) is 11.1 Å². The fraction of sp³-hybridized carbons (Fsp3) is 0.867. The summed E-state index contributed by atoms with van der Waals surface area (Å²) in [5, 5.41) is 0. The third-order valence-electron chi connectivity index (χ3n) is 5.25. The summed E-state index contributed by atoms with van der Waals surface area (Å²) in [5.41, 5.74) is 3.88. The first kappa shape index (κ1) is 9.93. The summed E-state index contributed by atoms with van der Waals surface area (Å²) in [7, 11) is 0. The monoisotopic (exact) mass is 204 g/mol. The van der Waals surface area contributed by atoms with Crippen LogP contribution in [0.4, 0.5) is 0 Å². The Morgan fingerprint density at radius 1 is 1.27 bits per heavy atom. The maximum atomic E-state index is 2.42. The van der Waals surface area contributed by atoms with Crippen LogP contribution in [0, 0.1) is 29.6 Å². The Morgan fingerprint density at radius 2 is 2.07 bits per heavy atom. The van der Waals surface area contributed by atoms with Crippen molar-refractivity contribution in [1.29, 1.82) is 0 Å². The molecule has 15 heavy (non-hydrogen) atoms. The Labute approximate surface area is 94.1 Å². The number of allylic oxidation sites excluding steroid dienone is 2. The summed E-state index contributed by atoms with van der Waals surface area (Å²) < 4.78 is 0. The normalized spacial score (nSPS) is 43.2. The van der Waals surface area contributed by atoms with Gasteiger partial charge in [-0.3, -0.25) is 0 Å². The van der Waals surface area contributed by atoms with Gasteiger partial charge in [-0.15, -0.1) is 0 Å². The number of hydrogen-bond acceptors (Lipinski definition) is 0. The van der Waals surface area contributed by atoms with Gasteiger partial charge in [0.15, 0.2) is 0 Å². The van der Waals surface area contributed by atoms with Gasteiger partial charge in [-0.25, -0.2) is 0 Å². The highest BCUT2D eigenvalue weighted by atomic mass is 14.5. The summed E-state index contributed by atoms with van der Waals surface area (Å²) in [4.78, 5) is 0. The number of fused-ring (bicyclic) bond motifs is 3. The highest BCUT2D eigenvalue weighted by molar-refractivity contribution is 5.38. The van der Waals surface area contributed by atoms with E-state index < -0.39 is 0 Å². The van der Waals surface area contributed by atoms with E-state index in [1.54, 1.807) is 6.42 Å². The summed E-state index contributed by atoms with van der Waals surface area (Å²) in [6, 6.07) is 0. The van der Waals surface area contributed by atoms with E-state index in [9.17, 15) is 0 Å². The van der Waals surface area contributed by atoms with E-state index in [1.807, 2.05) is 11.1 Å². The second kappa shape index (κ2) is 3.37. The van der Waals surface area contributed by atoms with Crippen LogP contribution in [-0.4, -0.2) is 0 Å². The van der Waals surface area contributed by atoms with Crippen molar-refractivity contribution in [2.24, 2.45) is 29.6 Å². The second-order valence-corrected chi connectivity index (χ2v) is 6.35. The molecule has 0 radical (unpaired) electrons. The van der Waals surface area contributed by atoms with Gasteiger partial charge in [-0.1, -0.05) is 31.9 Å². The van der Waals surface area contributed by atoms with Crippen molar-refractivity contribution < 1.29 is 0 Å². The van der Waals surface area contributed by atoms with Crippen LogP contribution >= 0.6 is 0 Å². The topological polar surface area (TPSA) is 0 Å². The van der Waals surface area contributed by atoms with Gasteiger partial charge in [0.2, 0.25) is 0 Å². The van der Waals surface area contributed by atoms with Crippen molar-refractivity contribution in [3.63, 3.8) is 0 Å². The average molecular weight is 204 g/mol. The Bertz CT molecular complexity index is 297. The summed E-state index contributed by atoms with van der Waals surface area (Å²) in [5.74, 6) is 4.93. The molecule has 84 valence electrons. The second-order valence-electron chi connectivity index (χ2n) is 6.35. The van der Waals surface area contributed by atoms with E-state index in [2.05, 4.69) is 20.8 Å². The fourth-order valence-corrected chi connectivity index (χ4v) is 4.78. The zero-order valence-corrected chi connectivity index (χ0v) is 10.4. The summed E-state index contributed by atoms with van der Waals surface area (Å²) >= 11 is 0. The first-order valence-corrected chi connectivity index (χ1v) is 6.95. The molecule has 1 saturated carbocycles. The molecule has 0 N–H and O–H groups in total. The molecule has 3 rings (SSSR count). The van der Waals surface area contributed by atoms with Gasteiger partial charge in [-0.05, 0) is 61.7 Å². The zero-order valence-electron chi connectivity index (χ0n) is 10.4. The Morgan fingerprint density at radius 3 is 2.73 bits per heavy atom. The molecule has 2 bridgehead atoms. The molecule has 0 aromatic carbocycles. The van der Waals surface area contributed by atoms with E-state index >= 15 is 0 Å². The van der Waals surface area contributed by atoms with Crippen LogP contribution in [0.25, 0.3) is 0 Å². The van der Waals surface area contributed by atoms with Gasteiger partial charge in [0.25, 0.3) is 0 Å². The maximum Gasteiger partial charge on any atom is -0.0111 e. The van der Waals surface area contributed by atoms with Crippen molar-refractivity contribution in [2.75, 3.05) is 0 Å². The molecular formula is C15H24. The Kier molecular flexibility index (Phi) is 2.23. The van der Waals surface area contributed by atoms with Crippen LogP contribution in [0.1, 0.15) is 52.9 Å². The van der Waals surface area contributed by atoms with E-state index in [0.717, 1.165) is 29.6 Å². The molecule has 0 aliphatic heterocycles. The lowest BCUT2D eigenvalue weighted by molar-refractivity contribution is 0.215. The third kappa shape index (κ3) is 1.26. The number of rotatable bonds is 2. The third-order valence-corrected chi connectivity index (χ3v) is 5.25. The fourth-order valence-electron chi connectivity index (χ4n) is 4.78. The zero-order chi connectivity index (χ0) is 10.6. The van der Waals surface area contributed by atoms with Crippen LogP contribution in [-0.2, 0) is 0 Å². The standard InChI is InChI=1S/C15H24/c1-4-12-14(9(2)3)13-8-10-5-6-11(7-10)15(12)13/h9-12,14H,4-8H2,1-3H3. The SMILES string of the molecule is CCC1C2=C(CC3CCC2C3)C1C(C)C. The minimum atomic E-state index is 0.881. The van der Waals surface area contributed by atoms with E-state index in [0.29, 0.717) is 0 Å². The van der Waals surface area contributed by atoms with Crippen molar-refractivity contribution >= 4 is 0 Å². The van der Waals surface area contributed by atoms with Crippen LogP contribution < -0.4 is 0 Å². The Hall–Kier alpha value is -0.260. The van der Waals surface area contributed by atoms with Crippen molar-refractivity contribution in [2.45, 2.75) is 52.9 Å². The number of hydrogen-bond donors (Lipinski definition) is 0. The molecule has 0 aromatic rings. The highest BCUT2D eigenvalue weighted by Crippen LogP contribution is 2.60. The molecule has 3 aliphatic carbocycles. The lowest BCUT2D eigenvalue weighted by Gasteiger charge is -2.49. The van der Waals surface area contributed by atoms with Gasteiger partial charge in [0.1, 0.15) is 0 Å². The Balaban J connectivity index is 1.92. The predicted octanol–water partition coefficient (Wildman–Crippen LogP) is 4.42. The van der Waals surface area contributed by atoms with Crippen molar-refractivity contribution in [3.8, 4) is 0 Å². The van der Waals surface area contributed by atoms with E-state index in [1.165, 1.54) is 25.7 Å². The van der Waals surface area contributed by atoms with Crippen LogP contribution in [0.3, 0.4) is 0 Å². The molecule has 0 saturated heterocycles. The lowest BCUT2D eigenvalue weighted by Crippen LogP contribution is -2.39. The maximum absolute atomic E-state index is 2.42. The summed E-state index contributed by atoms with van der Waals surface area (Å²) in [6.45, 7) is 7.24. The molecular weight excluding hydrogens is 180 g/mol. The summed E-state index contributed by atoms with van der Waals surface area (Å²) in [6.07, 6.45) is 7.46. The quantitative estimate of drug-likeness (QED) is 0.584. The first-order chi connectivity index (χ1) is 7.22. The van der Waals surface area contributed by atoms with Crippen molar-refractivity contribution in [3.05, 3.63) is 11.1 Å². The van der Waals surface area contributed by atoms with E-state index in [-0.39, 0.29) is 0 Å². The molecule has 0 heterocycles. The smallest absolute Gasteiger partial charge is 0.0111 e. The largest absolute Gasteiger partial charge is 0.0662 e. The van der Waals surface area contributed by atoms with Gasteiger partial charge >= 0.3 is 0 Å². The molecule has 1 fully saturated rings. The molecule has 0 heteroatoms. The van der Waals surface area contributed by atoms with Gasteiger partial charge < -0.3 is 0 Å². The molecule has 0 nitrogen and oxygen atoms in total. The van der Waals surface area contributed by atoms with Crippen LogP contribution in [0.2, 0.25) is 0 Å². The molecule has 4 unspecified atom stereocenters. The molecule has 0 amide bonds. The minimum Gasteiger partial charge on any atom is -0.0662 e.